The lowest BCUT2D eigenvalue weighted by atomic mass is 9.81. The Bertz CT molecular complexity index is 1260. The van der Waals surface area contributed by atoms with Gasteiger partial charge in [0.15, 0.2) is 0 Å². The van der Waals surface area contributed by atoms with Crippen molar-refractivity contribution < 1.29 is 0 Å². The molecule has 0 saturated heterocycles. The number of halogens is 1. The molecule has 0 saturated carbocycles. The molecule has 7 heteroatoms. The third kappa shape index (κ3) is 3.05. The summed E-state index contributed by atoms with van der Waals surface area (Å²) in [6.45, 7) is 2.04. The van der Waals surface area contributed by atoms with Crippen LogP contribution in [0.1, 0.15) is 29.3 Å². The lowest BCUT2D eigenvalue weighted by molar-refractivity contribution is 0.594. The number of hydrogen-bond donors (Lipinski definition) is 1. The fourth-order valence-corrected chi connectivity index (χ4v) is 3.99. The van der Waals surface area contributed by atoms with E-state index in [1.165, 1.54) is 0 Å². The predicted octanol–water partition coefficient (Wildman–Crippen LogP) is 3.13. The molecule has 0 aliphatic heterocycles. The van der Waals surface area contributed by atoms with Gasteiger partial charge < -0.3 is 14.9 Å². The minimum Gasteiger partial charge on any atom is -0.336 e. The van der Waals surface area contributed by atoms with Crippen molar-refractivity contribution in [2.24, 2.45) is 19.8 Å². The van der Waals surface area contributed by atoms with Gasteiger partial charge in [0.25, 0.3) is 5.56 Å². The van der Waals surface area contributed by atoms with Gasteiger partial charge in [-0.1, -0.05) is 30.7 Å². The minimum atomic E-state index is -0.989. The molecule has 4 rings (SSSR count). The maximum atomic E-state index is 12.3. The topological polar surface area (TPSA) is 78.7 Å². The van der Waals surface area contributed by atoms with Crippen LogP contribution in [-0.2, 0) is 26.1 Å². The Morgan fingerprint density at radius 3 is 2.48 bits per heavy atom. The van der Waals surface area contributed by atoms with Gasteiger partial charge >= 0.3 is 0 Å². The molecule has 1 aromatic carbocycles. The summed E-state index contributed by atoms with van der Waals surface area (Å²) < 4.78 is 3.56. The molecule has 0 aliphatic rings. The largest absolute Gasteiger partial charge is 0.336 e. The van der Waals surface area contributed by atoms with Gasteiger partial charge in [-0.25, -0.2) is 9.97 Å². The monoisotopic (exact) mass is 407 g/mol. The molecule has 6 nitrogen and oxygen atoms in total. The number of aromatic nitrogens is 4. The van der Waals surface area contributed by atoms with E-state index in [-0.39, 0.29) is 5.56 Å². The van der Waals surface area contributed by atoms with E-state index in [0.717, 1.165) is 39.7 Å². The molecule has 4 aromatic rings. The van der Waals surface area contributed by atoms with Crippen LogP contribution in [0.25, 0.3) is 10.9 Å². The van der Waals surface area contributed by atoms with Crippen molar-refractivity contribution in [1.29, 1.82) is 0 Å². The Morgan fingerprint density at radius 1 is 1.10 bits per heavy atom. The van der Waals surface area contributed by atoms with E-state index in [1.807, 2.05) is 36.7 Å². The molecule has 3 aromatic heterocycles. The quantitative estimate of drug-likeness (QED) is 0.527. The Morgan fingerprint density at radius 2 is 1.86 bits per heavy atom. The zero-order chi connectivity index (χ0) is 20.8. The molecule has 0 fully saturated rings. The van der Waals surface area contributed by atoms with Crippen molar-refractivity contribution in [3.63, 3.8) is 0 Å². The van der Waals surface area contributed by atoms with Crippen LogP contribution in [0.15, 0.2) is 59.9 Å². The first-order valence-electron chi connectivity index (χ1n) is 9.37. The maximum absolute atomic E-state index is 12.3. The summed E-state index contributed by atoms with van der Waals surface area (Å²) in [4.78, 5) is 20.8. The lowest BCUT2D eigenvalue weighted by Gasteiger charge is -2.31. The highest BCUT2D eigenvalue weighted by Crippen LogP contribution is 2.35. The lowest BCUT2D eigenvalue weighted by Crippen LogP contribution is -2.41. The average Bonchev–Trinajstić information content (AvgIpc) is 3.16. The van der Waals surface area contributed by atoms with Gasteiger partial charge in [-0.05, 0) is 35.7 Å². The molecular formula is C22H22ClN5O. The Kier molecular flexibility index (Phi) is 4.76. The van der Waals surface area contributed by atoms with Gasteiger partial charge in [-0.2, -0.15) is 0 Å². The number of rotatable bonds is 4. The second kappa shape index (κ2) is 7.13. The van der Waals surface area contributed by atoms with Gasteiger partial charge in [0.2, 0.25) is 0 Å². The Balaban J connectivity index is 2.05. The molecule has 148 valence electrons. The number of nitrogens with two attached hydrogens (primary N) is 1. The summed E-state index contributed by atoms with van der Waals surface area (Å²) in [5.41, 5.74) is 10.5. The number of nitrogens with zero attached hydrogens (tertiary/aromatic N) is 4. The first kappa shape index (κ1) is 19.4. The van der Waals surface area contributed by atoms with E-state index in [0.29, 0.717) is 5.15 Å². The van der Waals surface area contributed by atoms with E-state index in [9.17, 15) is 4.79 Å². The highest BCUT2D eigenvalue weighted by atomic mass is 35.5. The molecule has 1 unspecified atom stereocenters. The smallest absolute Gasteiger partial charge is 0.251 e. The number of fused-ring (bicyclic) bond motifs is 1. The first-order chi connectivity index (χ1) is 13.9. The molecule has 0 radical (unpaired) electrons. The van der Waals surface area contributed by atoms with E-state index in [2.05, 4.69) is 16.0 Å². The number of aryl methyl sites for hydroxylation is 3. The second-order valence-electron chi connectivity index (χ2n) is 7.22. The van der Waals surface area contributed by atoms with Crippen molar-refractivity contribution in [2.75, 3.05) is 0 Å². The fraction of sp³-hybridized carbons (Fsp3) is 0.227. The van der Waals surface area contributed by atoms with Crippen molar-refractivity contribution in [3.8, 4) is 0 Å². The zero-order valence-corrected chi connectivity index (χ0v) is 17.3. The third-order valence-electron chi connectivity index (χ3n) is 5.57. The zero-order valence-electron chi connectivity index (χ0n) is 16.6. The summed E-state index contributed by atoms with van der Waals surface area (Å²) >= 11 is 6.01. The number of pyridine rings is 2. The van der Waals surface area contributed by atoms with Crippen LogP contribution in [0.4, 0.5) is 0 Å². The predicted molar refractivity (Wildman–Crippen MR) is 115 cm³/mol. The molecule has 0 aliphatic carbocycles. The number of hydrogen-bond acceptors (Lipinski definition) is 4. The molecule has 0 amide bonds. The van der Waals surface area contributed by atoms with Crippen LogP contribution < -0.4 is 11.3 Å². The van der Waals surface area contributed by atoms with Crippen molar-refractivity contribution in [3.05, 3.63) is 93.0 Å². The normalized spacial score (nSPS) is 13.6. The summed E-state index contributed by atoms with van der Waals surface area (Å²) in [6.07, 6.45) is 5.94. The van der Waals surface area contributed by atoms with Crippen molar-refractivity contribution in [1.82, 2.24) is 19.1 Å². The minimum absolute atomic E-state index is 0.0188. The van der Waals surface area contributed by atoms with Crippen LogP contribution in [0.3, 0.4) is 0 Å². The number of benzene rings is 1. The van der Waals surface area contributed by atoms with Crippen LogP contribution in [-0.4, -0.2) is 19.1 Å². The van der Waals surface area contributed by atoms with Crippen molar-refractivity contribution >= 4 is 22.5 Å². The van der Waals surface area contributed by atoms with Crippen LogP contribution >= 0.6 is 11.6 Å². The van der Waals surface area contributed by atoms with E-state index in [1.54, 1.807) is 42.5 Å². The van der Waals surface area contributed by atoms with Gasteiger partial charge in [0, 0.05) is 37.3 Å². The Labute approximate surface area is 173 Å². The highest BCUT2D eigenvalue weighted by molar-refractivity contribution is 6.29. The maximum Gasteiger partial charge on any atom is 0.251 e. The third-order valence-corrected chi connectivity index (χ3v) is 5.80. The van der Waals surface area contributed by atoms with E-state index in [4.69, 9.17) is 17.3 Å². The fourth-order valence-electron chi connectivity index (χ4n) is 3.87. The van der Waals surface area contributed by atoms with Crippen molar-refractivity contribution in [2.45, 2.75) is 18.9 Å². The van der Waals surface area contributed by atoms with Crippen LogP contribution in [0, 0.1) is 0 Å². The van der Waals surface area contributed by atoms with E-state index >= 15 is 0 Å². The molecule has 29 heavy (non-hydrogen) atoms. The summed E-state index contributed by atoms with van der Waals surface area (Å²) in [5, 5.41) is 1.41. The molecule has 0 bridgehead atoms. The van der Waals surface area contributed by atoms with Gasteiger partial charge in [-0.3, -0.25) is 4.79 Å². The van der Waals surface area contributed by atoms with Gasteiger partial charge in [0.1, 0.15) is 10.7 Å². The van der Waals surface area contributed by atoms with E-state index < -0.39 is 5.54 Å². The number of imidazole rings is 1. The van der Waals surface area contributed by atoms with Crippen LogP contribution in [0.5, 0.6) is 0 Å². The molecule has 0 spiro atoms. The molecule has 3 heterocycles. The first-order valence-corrected chi connectivity index (χ1v) is 9.75. The standard InChI is InChI=1S/C22H22ClN5O/c1-4-14-9-21(29)28(3)18-7-5-15(10-17(14)18)22(24,19-12-25-13-27(19)2)16-6-8-20(23)26-11-16/h5-13H,4,24H2,1-3H3. The SMILES string of the molecule is CCc1cc(=O)n(C)c2ccc(C(N)(c3ccc(Cl)nc3)c3cncn3C)cc12. The molecule has 1 atom stereocenters. The summed E-state index contributed by atoms with van der Waals surface area (Å²) in [7, 11) is 3.69. The molecular weight excluding hydrogens is 386 g/mol. The summed E-state index contributed by atoms with van der Waals surface area (Å²) in [6, 6.07) is 11.3. The Hall–Kier alpha value is -2.96. The molecule has 2 N–H and O–H groups in total. The summed E-state index contributed by atoms with van der Waals surface area (Å²) in [5.74, 6) is 0. The van der Waals surface area contributed by atoms with Gasteiger partial charge in [-0.15, -0.1) is 0 Å². The van der Waals surface area contributed by atoms with Crippen LogP contribution in [0.2, 0.25) is 5.15 Å². The van der Waals surface area contributed by atoms with Gasteiger partial charge in [0.05, 0.1) is 23.7 Å². The highest BCUT2D eigenvalue weighted by Gasteiger charge is 2.35. The average molecular weight is 408 g/mol. The second-order valence-corrected chi connectivity index (χ2v) is 7.61.